The zero-order valence-corrected chi connectivity index (χ0v) is 17.3. The van der Waals surface area contributed by atoms with Crippen molar-refractivity contribution in [3.63, 3.8) is 0 Å². The number of ether oxygens (including phenoxy) is 1. The van der Waals surface area contributed by atoms with Crippen molar-refractivity contribution in [2.45, 2.75) is 121 Å². The SMILES string of the molecule is B[C@H]1CC(NC(=O)CCCCCCCCCCCCCCC)[C@@H](CO)O1. The fraction of sp³-hybridized carbons (Fsp3) is 0.952. The number of hydrogen-bond donors (Lipinski definition) is 2. The lowest BCUT2D eigenvalue weighted by molar-refractivity contribution is -0.122. The standard InChI is InChI=1S/C21H42BNO3/c1-2-3-4-5-6-7-8-9-10-11-12-13-14-15-21(25)23-18-16-20(22)26-19(18)17-24/h18-20,24H,2-17,22H2,1H3,(H,23,25)/t18?,19-,20-/m1/s1. The van der Waals surface area contributed by atoms with E-state index >= 15 is 0 Å². The van der Waals surface area contributed by atoms with Gasteiger partial charge in [-0.2, -0.15) is 0 Å². The first-order valence-electron chi connectivity index (χ1n) is 11.2. The van der Waals surface area contributed by atoms with Crippen molar-refractivity contribution in [1.82, 2.24) is 5.32 Å². The normalized spacial score (nSPS) is 22.6. The van der Waals surface area contributed by atoms with Gasteiger partial charge in [0.1, 0.15) is 14.0 Å². The number of carbonyl (C=O) groups is 1. The molecule has 0 aromatic carbocycles. The molecule has 1 saturated heterocycles. The van der Waals surface area contributed by atoms with E-state index in [1.54, 1.807) is 0 Å². The second-order valence-electron chi connectivity index (χ2n) is 8.07. The summed E-state index contributed by atoms with van der Waals surface area (Å²) in [7, 11) is 1.99. The lowest BCUT2D eigenvalue weighted by atomic mass is 9.95. The highest BCUT2D eigenvalue weighted by Gasteiger charge is 2.32. The number of hydrogen-bond acceptors (Lipinski definition) is 3. The Hall–Kier alpha value is -0.545. The van der Waals surface area contributed by atoms with Crippen LogP contribution in [0.2, 0.25) is 0 Å². The van der Waals surface area contributed by atoms with Crippen molar-refractivity contribution in [2.75, 3.05) is 6.61 Å². The minimum atomic E-state index is -0.236. The average Bonchev–Trinajstić information content (AvgIpc) is 2.98. The quantitative estimate of drug-likeness (QED) is 0.323. The van der Waals surface area contributed by atoms with E-state index in [4.69, 9.17) is 4.74 Å². The summed E-state index contributed by atoms with van der Waals surface area (Å²) in [6.45, 7) is 2.25. The second kappa shape index (κ2) is 15.5. The lowest BCUT2D eigenvalue weighted by Gasteiger charge is -2.17. The molecule has 1 unspecified atom stereocenters. The summed E-state index contributed by atoms with van der Waals surface area (Å²) in [4.78, 5) is 12.0. The van der Waals surface area contributed by atoms with Crippen LogP contribution in [0.5, 0.6) is 0 Å². The van der Waals surface area contributed by atoms with Crippen LogP contribution in [-0.4, -0.2) is 43.6 Å². The molecule has 1 amide bonds. The number of aliphatic hydroxyl groups is 1. The number of amides is 1. The third kappa shape index (κ3) is 11.2. The Morgan fingerprint density at radius 3 is 1.96 bits per heavy atom. The molecule has 26 heavy (non-hydrogen) atoms. The van der Waals surface area contributed by atoms with E-state index in [0.29, 0.717) is 6.42 Å². The van der Waals surface area contributed by atoms with E-state index in [1.807, 2.05) is 7.85 Å². The van der Waals surface area contributed by atoms with E-state index in [9.17, 15) is 9.90 Å². The van der Waals surface area contributed by atoms with Crippen LogP contribution < -0.4 is 5.32 Å². The van der Waals surface area contributed by atoms with Crippen molar-refractivity contribution in [1.29, 1.82) is 0 Å². The van der Waals surface area contributed by atoms with Crippen LogP contribution in [-0.2, 0) is 9.53 Å². The molecule has 1 heterocycles. The number of carbonyl (C=O) groups excluding carboxylic acids is 1. The van der Waals surface area contributed by atoms with Gasteiger partial charge < -0.3 is 15.2 Å². The zero-order chi connectivity index (χ0) is 19.0. The Labute approximate surface area is 162 Å². The summed E-state index contributed by atoms with van der Waals surface area (Å²) >= 11 is 0. The molecule has 5 heteroatoms. The van der Waals surface area contributed by atoms with Gasteiger partial charge in [-0.15, -0.1) is 0 Å². The number of nitrogens with one attached hydrogen (secondary N) is 1. The molecule has 1 rings (SSSR count). The van der Waals surface area contributed by atoms with Gasteiger partial charge in [-0.3, -0.25) is 4.79 Å². The topological polar surface area (TPSA) is 58.6 Å². The van der Waals surface area contributed by atoms with Crippen LogP contribution in [0.4, 0.5) is 0 Å². The summed E-state index contributed by atoms with van der Waals surface area (Å²) in [5.41, 5.74) is 0. The third-order valence-electron chi connectivity index (χ3n) is 5.48. The van der Waals surface area contributed by atoms with Gasteiger partial charge in [0.05, 0.1) is 12.6 Å². The van der Waals surface area contributed by atoms with Gasteiger partial charge in [0.2, 0.25) is 5.91 Å². The van der Waals surface area contributed by atoms with Crippen molar-refractivity contribution in [3.05, 3.63) is 0 Å². The molecular formula is C21H42BNO3. The smallest absolute Gasteiger partial charge is 0.220 e. The molecule has 0 radical (unpaired) electrons. The molecule has 0 spiro atoms. The molecule has 3 atom stereocenters. The predicted molar refractivity (Wildman–Crippen MR) is 111 cm³/mol. The summed E-state index contributed by atoms with van der Waals surface area (Å²) in [5, 5.41) is 12.3. The molecule has 1 aliphatic rings. The molecule has 1 fully saturated rings. The van der Waals surface area contributed by atoms with Crippen LogP contribution >= 0.6 is 0 Å². The molecule has 0 aromatic rings. The highest BCUT2D eigenvalue weighted by Crippen LogP contribution is 2.18. The Morgan fingerprint density at radius 2 is 1.46 bits per heavy atom. The Morgan fingerprint density at radius 1 is 0.962 bits per heavy atom. The van der Waals surface area contributed by atoms with Crippen LogP contribution in [0.1, 0.15) is 103 Å². The van der Waals surface area contributed by atoms with E-state index in [2.05, 4.69) is 12.2 Å². The molecule has 2 N–H and O–H groups in total. The highest BCUT2D eigenvalue weighted by molar-refractivity contribution is 6.11. The van der Waals surface area contributed by atoms with Crippen LogP contribution in [0.15, 0.2) is 0 Å². The van der Waals surface area contributed by atoms with Crippen LogP contribution in [0, 0.1) is 0 Å². The number of aliphatic hydroxyl groups excluding tert-OH is 1. The summed E-state index contributed by atoms with van der Waals surface area (Å²) in [6.07, 6.45) is 18.3. The summed E-state index contributed by atoms with van der Waals surface area (Å²) in [5.74, 6) is 0.106. The van der Waals surface area contributed by atoms with Gasteiger partial charge in [-0.05, 0) is 12.8 Å². The average molecular weight is 367 g/mol. The van der Waals surface area contributed by atoms with E-state index in [-0.39, 0.29) is 30.7 Å². The van der Waals surface area contributed by atoms with Gasteiger partial charge >= 0.3 is 0 Å². The van der Waals surface area contributed by atoms with Crippen molar-refractivity contribution < 1.29 is 14.6 Å². The van der Waals surface area contributed by atoms with E-state index < -0.39 is 0 Å². The summed E-state index contributed by atoms with van der Waals surface area (Å²) < 4.78 is 5.58. The maximum atomic E-state index is 12.0. The van der Waals surface area contributed by atoms with Crippen molar-refractivity contribution >= 4 is 13.8 Å². The van der Waals surface area contributed by atoms with Gasteiger partial charge in [-0.25, -0.2) is 0 Å². The second-order valence-corrected chi connectivity index (χ2v) is 8.07. The molecule has 0 aliphatic carbocycles. The molecule has 0 bridgehead atoms. The molecule has 0 saturated carbocycles. The first-order chi connectivity index (χ1) is 12.7. The molecule has 4 nitrogen and oxygen atoms in total. The lowest BCUT2D eigenvalue weighted by Crippen LogP contribution is -2.41. The number of unbranched alkanes of at least 4 members (excludes halogenated alkanes) is 12. The minimum Gasteiger partial charge on any atom is -0.394 e. The largest absolute Gasteiger partial charge is 0.394 e. The van der Waals surface area contributed by atoms with Gasteiger partial charge in [0.15, 0.2) is 0 Å². The minimum absolute atomic E-state index is 0.0198. The fourth-order valence-electron chi connectivity index (χ4n) is 3.86. The van der Waals surface area contributed by atoms with Gasteiger partial charge in [-0.1, -0.05) is 84.0 Å². The van der Waals surface area contributed by atoms with E-state index in [1.165, 1.54) is 70.6 Å². The highest BCUT2D eigenvalue weighted by atomic mass is 16.5. The Bertz CT molecular complexity index is 354. The number of rotatable bonds is 16. The first kappa shape index (κ1) is 23.5. The van der Waals surface area contributed by atoms with Crippen molar-refractivity contribution in [2.24, 2.45) is 0 Å². The summed E-state index contributed by atoms with van der Waals surface area (Å²) in [6, 6.07) is 0.0956. The molecular weight excluding hydrogens is 325 g/mol. The molecule has 1 aliphatic heterocycles. The molecule has 152 valence electrons. The molecule has 0 aromatic heterocycles. The van der Waals surface area contributed by atoms with Crippen molar-refractivity contribution in [3.8, 4) is 0 Å². The maximum absolute atomic E-state index is 12.0. The van der Waals surface area contributed by atoms with Crippen LogP contribution in [0.3, 0.4) is 0 Å². The fourth-order valence-corrected chi connectivity index (χ4v) is 3.86. The Kier molecular flexibility index (Phi) is 14.0. The van der Waals surface area contributed by atoms with E-state index in [0.717, 1.165) is 19.3 Å². The Balaban J connectivity index is 1.86. The van der Waals surface area contributed by atoms with Crippen LogP contribution in [0.25, 0.3) is 0 Å². The van der Waals surface area contributed by atoms with Gasteiger partial charge in [0.25, 0.3) is 0 Å². The zero-order valence-electron chi connectivity index (χ0n) is 17.3. The maximum Gasteiger partial charge on any atom is 0.220 e. The third-order valence-corrected chi connectivity index (χ3v) is 5.48. The predicted octanol–water partition coefficient (Wildman–Crippen LogP) is 3.69. The first-order valence-corrected chi connectivity index (χ1v) is 11.2. The monoisotopic (exact) mass is 367 g/mol. The van der Waals surface area contributed by atoms with Gasteiger partial charge in [0, 0.05) is 12.4 Å².